The molecule has 0 saturated carbocycles. The van der Waals surface area contributed by atoms with Gasteiger partial charge in [0.15, 0.2) is 14.6 Å². The van der Waals surface area contributed by atoms with Crippen molar-refractivity contribution in [3.63, 3.8) is 0 Å². The number of rotatable bonds is 5. The molecule has 0 aliphatic carbocycles. The Morgan fingerprint density at radius 2 is 2.08 bits per heavy atom. The second-order valence-corrected chi connectivity index (χ2v) is 7.62. The van der Waals surface area contributed by atoms with Crippen LogP contribution in [-0.4, -0.2) is 31.4 Å². The molecule has 0 spiro atoms. The third-order valence-electron chi connectivity index (χ3n) is 3.78. The van der Waals surface area contributed by atoms with Crippen LogP contribution in [0.5, 0.6) is 0 Å². The standard InChI is InChI=1S/C16H15N3O3S3/c1-3-10(14(21)22)19-12(20)11-13(25-15(17-11)24-2)18(16(19)23)9-7-5-4-6-8-9/h4-8,10H,3H2,1-2H3,(H,21,22). The Morgan fingerprint density at radius 3 is 2.64 bits per heavy atom. The van der Waals surface area contributed by atoms with Crippen molar-refractivity contribution in [2.75, 3.05) is 6.26 Å². The maximum atomic E-state index is 12.9. The van der Waals surface area contributed by atoms with Crippen molar-refractivity contribution in [1.29, 1.82) is 0 Å². The lowest BCUT2D eigenvalue weighted by molar-refractivity contribution is -0.141. The average Bonchev–Trinajstić information content (AvgIpc) is 3.03. The Bertz CT molecular complexity index is 1050. The smallest absolute Gasteiger partial charge is 0.326 e. The van der Waals surface area contributed by atoms with E-state index in [4.69, 9.17) is 12.2 Å². The van der Waals surface area contributed by atoms with Crippen molar-refractivity contribution in [2.24, 2.45) is 0 Å². The van der Waals surface area contributed by atoms with E-state index in [1.807, 2.05) is 36.6 Å². The zero-order valence-corrected chi connectivity index (χ0v) is 16.0. The van der Waals surface area contributed by atoms with Gasteiger partial charge in [-0.05, 0) is 37.0 Å². The Morgan fingerprint density at radius 1 is 1.40 bits per heavy atom. The van der Waals surface area contributed by atoms with E-state index >= 15 is 0 Å². The molecule has 1 aromatic carbocycles. The van der Waals surface area contributed by atoms with E-state index in [1.54, 1.807) is 11.5 Å². The molecule has 0 aliphatic heterocycles. The normalized spacial score (nSPS) is 12.4. The quantitative estimate of drug-likeness (QED) is 0.526. The molecule has 0 bridgehead atoms. The first-order chi connectivity index (χ1) is 12.0. The molecule has 0 radical (unpaired) electrons. The van der Waals surface area contributed by atoms with Gasteiger partial charge >= 0.3 is 5.97 Å². The summed E-state index contributed by atoms with van der Waals surface area (Å²) >= 11 is 8.34. The van der Waals surface area contributed by atoms with Crippen molar-refractivity contribution < 1.29 is 9.90 Å². The first-order valence-corrected chi connectivity index (χ1v) is 9.94. The SMILES string of the molecule is CCC(C(=O)O)n1c(=O)c2nc(SC)sc2n(-c2ccccc2)c1=S. The molecule has 6 nitrogen and oxygen atoms in total. The van der Waals surface area contributed by atoms with Crippen LogP contribution in [0, 0.1) is 4.77 Å². The molecule has 3 rings (SSSR count). The first-order valence-electron chi connectivity index (χ1n) is 7.49. The lowest BCUT2D eigenvalue weighted by Crippen LogP contribution is -2.32. The summed E-state index contributed by atoms with van der Waals surface area (Å²) in [6.07, 6.45) is 2.13. The van der Waals surface area contributed by atoms with Gasteiger partial charge in [-0.3, -0.25) is 13.9 Å². The Labute approximate surface area is 156 Å². The summed E-state index contributed by atoms with van der Waals surface area (Å²) < 4.78 is 3.79. The molecule has 1 N–H and O–H groups in total. The lowest BCUT2D eigenvalue weighted by Gasteiger charge is -2.17. The minimum Gasteiger partial charge on any atom is -0.480 e. The van der Waals surface area contributed by atoms with Gasteiger partial charge in [-0.2, -0.15) is 0 Å². The van der Waals surface area contributed by atoms with E-state index in [9.17, 15) is 14.7 Å². The first kappa shape index (κ1) is 17.8. The number of thioether (sulfide) groups is 1. The topological polar surface area (TPSA) is 77.1 Å². The number of para-hydroxylation sites is 1. The van der Waals surface area contributed by atoms with Crippen LogP contribution in [0.1, 0.15) is 19.4 Å². The van der Waals surface area contributed by atoms with Crippen molar-refractivity contribution in [3.8, 4) is 5.69 Å². The summed E-state index contributed by atoms with van der Waals surface area (Å²) in [5, 5.41) is 9.52. The molecule has 2 heterocycles. The monoisotopic (exact) mass is 393 g/mol. The van der Waals surface area contributed by atoms with E-state index in [2.05, 4.69) is 4.98 Å². The molecule has 9 heteroatoms. The highest BCUT2D eigenvalue weighted by Gasteiger charge is 2.25. The zero-order chi connectivity index (χ0) is 18.1. The summed E-state index contributed by atoms with van der Waals surface area (Å²) in [4.78, 5) is 29.6. The molecule has 0 saturated heterocycles. The van der Waals surface area contributed by atoms with Gasteiger partial charge in [0.05, 0.1) is 0 Å². The van der Waals surface area contributed by atoms with E-state index in [0.717, 1.165) is 14.6 Å². The van der Waals surface area contributed by atoms with Gasteiger partial charge in [-0.1, -0.05) is 48.2 Å². The van der Waals surface area contributed by atoms with Crippen LogP contribution in [0.2, 0.25) is 0 Å². The van der Waals surface area contributed by atoms with Crippen LogP contribution in [0.3, 0.4) is 0 Å². The van der Waals surface area contributed by atoms with Crippen LogP contribution in [0.25, 0.3) is 16.0 Å². The second-order valence-electron chi connectivity index (χ2n) is 5.23. The predicted molar refractivity (Wildman–Crippen MR) is 103 cm³/mol. The molecule has 130 valence electrons. The van der Waals surface area contributed by atoms with Crippen LogP contribution in [-0.2, 0) is 4.79 Å². The van der Waals surface area contributed by atoms with Crippen molar-refractivity contribution in [1.82, 2.24) is 14.1 Å². The Kier molecular flexibility index (Phi) is 5.07. The highest BCUT2D eigenvalue weighted by atomic mass is 32.2. The Hall–Kier alpha value is -1.97. The molecule has 2 aromatic heterocycles. The van der Waals surface area contributed by atoms with Crippen LogP contribution >= 0.6 is 35.3 Å². The second kappa shape index (κ2) is 7.11. The van der Waals surface area contributed by atoms with Gasteiger partial charge in [0.25, 0.3) is 5.56 Å². The number of thiazole rings is 1. The molecular formula is C16H15N3O3S3. The Balaban J connectivity index is 2.49. The third kappa shape index (κ3) is 3.03. The van der Waals surface area contributed by atoms with Gasteiger partial charge in [0.2, 0.25) is 0 Å². The summed E-state index contributed by atoms with van der Waals surface area (Å²) in [5.74, 6) is -1.09. The van der Waals surface area contributed by atoms with E-state index in [-0.39, 0.29) is 16.7 Å². The largest absolute Gasteiger partial charge is 0.480 e. The van der Waals surface area contributed by atoms with Crippen LogP contribution in [0.4, 0.5) is 0 Å². The van der Waals surface area contributed by atoms with Gasteiger partial charge in [-0.25, -0.2) is 9.78 Å². The fourth-order valence-corrected chi connectivity index (χ4v) is 4.65. The van der Waals surface area contributed by atoms with E-state index in [1.165, 1.54) is 23.1 Å². The molecule has 1 atom stereocenters. The average molecular weight is 394 g/mol. The maximum absolute atomic E-state index is 12.9. The minimum absolute atomic E-state index is 0.161. The molecular weight excluding hydrogens is 378 g/mol. The predicted octanol–water partition coefficient (Wildman–Crippen LogP) is 3.74. The molecule has 0 fully saturated rings. The van der Waals surface area contributed by atoms with Crippen LogP contribution < -0.4 is 5.56 Å². The number of carbonyl (C=O) groups is 1. The number of nitrogens with zero attached hydrogens (tertiary/aromatic N) is 3. The number of hydrogen-bond donors (Lipinski definition) is 1. The molecule has 0 aliphatic rings. The van der Waals surface area contributed by atoms with Gasteiger partial charge in [0.1, 0.15) is 10.9 Å². The van der Waals surface area contributed by atoms with Crippen molar-refractivity contribution >= 4 is 51.6 Å². The summed E-state index contributed by atoms with van der Waals surface area (Å²) in [6, 6.07) is 8.31. The number of aliphatic carboxylic acids is 1. The van der Waals surface area contributed by atoms with E-state index in [0.29, 0.717) is 4.83 Å². The number of fused-ring (bicyclic) bond motifs is 1. The lowest BCUT2D eigenvalue weighted by atomic mass is 10.2. The van der Waals surface area contributed by atoms with Crippen molar-refractivity contribution in [2.45, 2.75) is 23.7 Å². The van der Waals surface area contributed by atoms with Crippen molar-refractivity contribution in [3.05, 3.63) is 45.5 Å². The summed E-state index contributed by atoms with van der Waals surface area (Å²) in [5.41, 5.74) is 0.548. The summed E-state index contributed by atoms with van der Waals surface area (Å²) in [6.45, 7) is 1.71. The number of carboxylic acid groups (broad SMARTS) is 1. The van der Waals surface area contributed by atoms with Crippen LogP contribution in [0.15, 0.2) is 39.5 Å². The fraction of sp³-hybridized carbons (Fsp3) is 0.250. The number of benzene rings is 1. The zero-order valence-electron chi connectivity index (χ0n) is 13.5. The number of aromatic nitrogens is 3. The maximum Gasteiger partial charge on any atom is 0.326 e. The summed E-state index contributed by atoms with van der Waals surface area (Å²) in [7, 11) is 0. The molecule has 3 aromatic rings. The highest BCUT2D eigenvalue weighted by Crippen LogP contribution is 2.29. The number of hydrogen-bond acceptors (Lipinski definition) is 6. The highest BCUT2D eigenvalue weighted by molar-refractivity contribution is 8.00. The van der Waals surface area contributed by atoms with E-state index < -0.39 is 17.6 Å². The van der Waals surface area contributed by atoms with Gasteiger partial charge < -0.3 is 5.11 Å². The van der Waals surface area contributed by atoms with Gasteiger partial charge in [-0.15, -0.1) is 0 Å². The third-order valence-corrected chi connectivity index (χ3v) is 6.19. The molecule has 25 heavy (non-hydrogen) atoms. The number of carboxylic acids is 1. The molecule has 1 unspecified atom stereocenters. The minimum atomic E-state index is -1.09. The van der Waals surface area contributed by atoms with Gasteiger partial charge in [0, 0.05) is 5.69 Å². The fourth-order valence-electron chi connectivity index (χ4n) is 2.61. The molecule has 0 amide bonds.